The van der Waals surface area contributed by atoms with E-state index in [4.69, 9.17) is 4.74 Å². The van der Waals surface area contributed by atoms with Crippen LogP contribution < -0.4 is 5.32 Å². The molecular formula is C47H89NO5. The zero-order chi connectivity index (χ0) is 38.7. The van der Waals surface area contributed by atoms with E-state index in [0.29, 0.717) is 32.3 Å². The van der Waals surface area contributed by atoms with Crippen molar-refractivity contribution in [1.82, 2.24) is 5.32 Å². The van der Waals surface area contributed by atoms with Gasteiger partial charge in [-0.2, -0.15) is 0 Å². The van der Waals surface area contributed by atoms with Gasteiger partial charge in [-0.05, 0) is 44.9 Å². The maximum atomic E-state index is 12.3. The van der Waals surface area contributed by atoms with Gasteiger partial charge in [0.05, 0.1) is 25.4 Å². The molecule has 3 N–H and O–H groups in total. The topological polar surface area (TPSA) is 95.9 Å². The molecule has 0 radical (unpaired) electrons. The molecule has 0 rings (SSSR count). The van der Waals surface area contributed by atoms with Crippen LogP contribution in [0.5, 0.6) is 0 Å². The molecule has 6 heteroatoms. The molecule has 53 heavy (non-hydrogen) atoms. The third-order valence-electron chi connectivity index (χ3n) is 10.5. The molecule has 2 atom stereocenters. The number of esters is 1. The van der Waals surface area contributed by atoms with Crippen molar-refractivity contribution in [2.24, 2.45) is 0 Å². The smallest absolute Gasteiger partial charge is 0.305 e. The van der Waals surface area contributed by atoms with Crippen molar-refractivity contribution in [1.29, 1.82) is 0 Å². The number of unbranched alkanes of at least 4 members (excludes halogenated alkanes) is 27. The van der Waals surface area contributed by atoms with Crippen LogP contribution in [0.3, 0.4) is 0 Å². The van der Waals surface area contributed by atoms with E-state index in [9.17, 15) is 19.8 Å². The van der Waals surface area contributed by atoms with Crippen LogP contribution in [0.25, 0.3) is 0 Å². The number of aliphatic hydroxyl groups excluding tert-OH is 2. The summed E-state index contributed by atoms with van der Waals surface area (Å²) < 4.78 is 5.43. The number of hydrogen-bond acceptors (Lipinski definition) is 5. The summed E-state index contributed by atoms with van der Waals surface area (Å²) in [4.78, 5) is 24.3. The van der Waals surface area contributed by atoms with Crippen LogP contribution in [-0.4, -0.2) is 47.4 Å². The second-order valence-electron chi connectivity index (χ2n) is 15.7. The van der Waals surface area contributed by atoms with Crippen LogP contribution in [0.2, 0.25) is 0 Å². The SMILES string of the molecule is CCCCCCCCCCCCCCC(=O)OCCCCCCCC/C=C\C/C=C\CCC(=O)NC(CO)C(O)CCCCCCCCCCCCC. The van der Waals surface area contributed by atoms with E-state index in [-0.39, 0.29) is 18.5 Å². The molecule has 2 unspecified atom stereocenters. The van der Waals surface area contributed by atoms with E-state index in [1.807, 2.05) is 6.08 Å². The first-order valence-corrected chi connectivity index (χ1v) is 23.1. The first-order chi connectivity index (χ1) is 26.0. The summed E-state index contributed by atoms with van der Waals surface area (Å²) in [6.07, 6.45) is 48.6. The zero-order valence-electron chi connectivity index (χ0n) is 35.2. The minimum atomic E-state index is -0.696. The largest absolute Gasteiger partial charge is 0.466 e. The lowest BCUT2D eigenvalue weighted by molar-refractivity contribution is -0.143. The summed E-state index contributed by atoms with van der Waals surface area (Å²) in [5, 5.41) is 23.0. The predicted molar refractivity (Wildman–Crippen MR) is 227 cm³/mol. The summed E-state index contributed by atoms with van der Waals surface area (Å²) >= 11 is 0. The van der Waals surface area contributed by atoms with E-state index < -0.39 is 12.1 Å². The Balaban J connectivity index is 3.56. The molecule has 312 valence electrons. The van der Waals surface area contributed by atoms with Crippen molar-refractivity contribution in [3.8, 4) is 0 Å². The molecule has 0 aromatic heterocycles. The summed E-state index contributed by atoms with van der Waals surface area (Å²) in [6.45, 7) is 4.86. The molecule has 0 heterocycles. The van der Waals surface area contributed by atoms with Crippen LogP contribution in [0.1, 0.15) is 239 Å². The van der Waals surface area contributed by atoms with Gasteiger partial charge >= 0.3 is 5.97 Å². The number of allylic oxidation sites excluding steroid dienone is 4. The van der Waals surface area contributed by atoms with Gasteiger partial charge < -0.3 is 20.3 Å². The van der Waals surface area contributed by atoms with Crippen LogP contribution in [0, 0.1) is 0 Å². The van der Waals surface area contributed by atoms with Crippen molar-refractivity contribution in [3.63, 3.8) is 0 Å². The van der Waals surface area contributed by atoms with Gasteiger partial charge in [-0.15, -0.1) is 0 Å². The number of ether oxygens (including phenoxy) is 1. The molecule has 0 aliphatic carbocycles. The second-order valence-corrected chi connectivity index (χ2v) is 15.7. The molecule has 0 saturated carbocycles. The third kappa shape index (κ3) is 39.8. The van der Waals surface area contributed by atoms with Crippen molar-refractivity contribution in [3.05, 3.63) is 24.3 Å². The molecule has 0 spiro atoms. The lowest BCUT2D eigenvalue weighted by atomic mass is 10.0. The van der Waals surface area contributed by atoms with Crippen molar-refractivity contribution in [2.75, 3.05) is 13.2 Å². The summed E-state index contributed by atoms with van der Waals surface area (Å²) in [5.74, 6) is -0.134. The Hall–Kier alpha value is -1.66. The van der Waals surface area contributed by atoms with Gasteiger partial charge in [0.25, 0.3) is 0 Å². The van der Waals surface area contributed by atoms with Crippen molar-refractivity contribution in [2.45, 2.75) is 251 Å². The Morgan fingerprint density at radius 2 is 0.962 bits per heavy atom. The number of carbonyl (C=O) groups excluding carboxylic acids is 2. The lowest BCUT2D eigenvalue weighted by Crippen LogP contribution is -2.45. The number of amides is 1. The van der Waals surface area contributed by atoms with E-state index in [1.54, 1.807) is 0 Å². The normalized spacial score (nSPS) is 12.9. The molecule has 0 aliphatic rings. The predicted octanol–water partition coefficient (Wildman–Crippen LogP) is 13.2. The maximum absolute atomic E-state index is 12.3. The highest BCUT2D eigenvalue weighted by Crippen LogP contribution is 2.15. The van der Waals surface area contributed by atoms with Gasteiger partial charge in [-0.25, -0.2) is 0 Å². The Labute approximate surface area is 329 Å². The minimum Gasteiger partial charge on any atom is -0.466 e. The Morgan fingerprint density at radius 3 is 1.47 bits per heavy atom. The van der Waals surface area contributed by atoms with Crippen molar-refractivity contribution >= 4 is 11.9 Å². The number of carbonyl (C=O) groups is 2. The van der Waals surface area contributed by atoms with Crippen LogP contribution in [0.4, 0.5) is 0 Å². The standard InChI is InChI=1S/C47H89NO5/c1-3-5-7-9-11-13-15-21-25-29-33-37-41-47(52)53-42-38-34-30-26-22-18-16-17-20-24-28-32-36-40-46(51)48-44(43-49)45(50)39-35-31-27-23-19-14-12-10-8-6-4-2/h17,20,28,32,44-45,49-50H,3-16,18-19,21-27,29-31,33-43H2,1-2H3,(H,48,51)/b20-17-,32-28-. The van der Waals surface area contributed by atoms with Gasteiger partial charge in [0, 0.05) is 12.8 Å². The average molecular weight is 748 g/mol. The fraction of sp³-hybridized carbons (Fsp3) is 0.872. The van der Waals surface area contributed by atoms with Gasteiger partial charge in [-0.1, -0.05) is 205 Å². The number of hydrogen-bond donors (Lipinski definition) is 3. The summed E-state index contributed by atoms with van der Waals surface area (Å²) in [5.41, 5.74) is 0. The summed E-state index contributed by atoms with van der Waals surface area (Å²) in [6, 6.07) is -0.583. The number of nitrogens with one attached hydrogen (secondary N) is 1. The maximum Gasteiger partial charge on any atom is 0.305 e. The highest BCUT2D eigenvalue weighted by molar-refractivity contribution is 5.76. The van der Waals surface area contributed by atoms with Gasteiger partial charge in [0.1, 0.15) is 0 Å². The lowest BCUT2D eigenvalue weighted by Gasteiger charge is -2.22. The fourth-order valence-corrected chi connectivity index (χ4v) is 6.92. The van der Waals surface area contributed by atoms with Gasteiger partial charge in [-0.3, -0.25) is 9.59 Å². The monoisotopic (exact) mass is 748 g/mol. The molecule has 0 bridgehead atoms. The molecule has 6 nitrogen and oxygen atoms in total. The number of rotatable bonds is 42. The highest BCUT2D eigenvalue weighted by Gasteiger charge is 2.19. The van der Waals surface area contributed by atoms with E-state index >= 15 is 0 Å². The molecule has 0 aliphatic heterocycles. The molecule has 0 fully saturated rings. The Bertz CT molecular complexity index is 828. The average Bonchev–Trinajstić information content (AvgIpc) is 3.16. The van der Waals surface area contributed by atoms with Crippen molar-refractivity contribution < 1.29 is 24.5 Å². The molecule has 0 saturated heterocycles. The quantitative estimate of drug-likeness (QED) is 0.0328. The van der Waals surface area contributed by atoms with Gasteiger partial charge in [0.15, 0.2) is 0 Å². The molecule has 0 aromatic carbocycles. The third-order valence-corrected chi connectivity index (χ3v) is 10.5. The van der Waals surface area contributed by atoms with Crippen LogP contribution in [-0.2, 0) is 14.3 Å². The minimum absolute atomic E-state index is 0.0171. The Kier molecular flexibility index (Phi) is 41.7. The zero-order valence-corrected chi connectivity index (χ0v) is 35.2. The van der Waals surface area contributed by atoms with E-state index in [2.05, 4.69) is 37.4 Å². The highest BCUT2D eigenvalue weighted by atomic mass is 16.5. The van der Waals surface area contributed by atoms with E-state index in [0.717, 1.165) is 51.4 Å². The summed E-state index contributed by atoms with van der Waals surface area (Å²) in [7, 11) is 0. The van der Waals surface area contributed by atoms with Crippen LogP contribution in [0.15, 0.2) is 24.3 Å². The molecular weight excluding hydrogens is 659 g/mol. The fourth-order valence-electron chi connectivity index (χ4n) is 6.92. The molecule has 1 amide bonds. The van der Waals surface area contributed by atoms with Crippen LogP contribution >= 0.6 is 0 Å². The molecule has 0 aromatic rings. The second kappa shape index (κ2) is 43.1. The Morgan fingerprint density at radius 1 is 0.528 bits per heavy atom. The first kappa shape index (κ1) is 51.3. The van der Waals surface area contributed by atoms with Gasteiger partial charge in [0.2, 0.25) is 5.91 Å². The first-order valence-electron chi connectivity index (χ1n) is 23.1. The number of aliphatic hydroxyl groups is 2. The van der Waals surface area contributed by atoms with E-state index in [1.165, 1.54) is 148 Å².